The molecule has 0 aliphatic carbocycles. The molecule has 4 nitrogen and oxygen atoms in total. The predicted molar refractivity (Wildman–Crippen MR) is 118 cm³/mol. The molecule has 0 unspecified atom stereocenters. The molecular formula is C23H21ClN2O2S. The third kappa shape index (κ3) is 3.68. The second-order valence-electron chi connectivity index (χ2n) is 7.00. The van der Waals surface area contributed by atoms with Crippen LogP contribution in [0.4, 0.5) is 0 Å². The van der Waals surface area contributed by atoms with Crippen molar-refractivity contribution in [3.05, 3.63) is 81.2 Å². The molecule has 1 aliphatic heterocycles. The van der Waals surface area contributed by atoms with Crippen molar-refractivity contribution in [3.8, 4) is 17.0 Å². The van der Waals surface area contributed by atoms with Crippen LogP contribution in [0.25, 0.3) is 11.1 Å². The van der Waals surface area contributed by atoms with Gasteiger partial charge in [0.15, 0.2) is 0 Å². The largest absolute Gasteiger partial charge is 0.481 e. The van der Waals surface area contributed by atoms with Crippen LogP contribution in [0.2, 0.25) is 4.34 Å². The standard InChI is InChI=1S/C23H21ClN2O2S/c1-4-22(27)26-12-19(18-11-21(24)29-20(18)13-26)16-8-6-5-7-15(16)17-10-9-14(2)25-23(17)28-3/h4-11,19H,1,12-13H2,2-3H3/t19-/m0/s1. The van der Waals surface area contributed by atoms with Crippen LogP contribution >= 0.6 is 22.9 Å². The molecule has 0 bridgehead atoms. The van der Waals surface area contributed by atoms with Crippen LogP contribution in [0.1, 0.15) is 27.6 Å². The summed E-state index contributed by atoms with van der Waals surface area (Å²) in [5, 5.41) is 0. The number of aryl methyl sites for hydroxylation is 1. The van der Waals surface area contributed by atoms with Gasteiger partial charge in [0, 0.05) is 28.6 Å². The smallest absolute Gasteiger partial charge is 0.246 e. The Hall–Kier alpha value is -2.63. The first kappa shape index (κ1) is 19.7. The number of pyridine rings is 1. The van der Waals surface area contributed by atoms with Gasteiger partial charge in [0.1, 0.15) is 0 Å². The Morgan fingerprint density at radius 3 is 2.83 bits per heavy atom. The Balaban J connectivity index is 1.87. The predicted octanol–water partition coefficient (Wildman–Crippen LogP) is 5.44. The summed E-state index contributed by atoms with van der Waals surface area (Å²) in [6.45, 7) is 6.73. The molecular weight excluding hydrogens is 404 g/mol. The summed E-state index contributed by atoms with van der Waals surface area (Å²) >= 11 is 7.88. The zero-order valence-electron chi connectivity index (χ0n) is 16.3. The van der Waals surface area contributed by atoms with Crippen molar-refractivity contribution in [2.45, 2.75) is 19.4 Å². The fourth-order valence-corrected chi connectivity index (χ4v) is 5.24. The van der Waals surface area contributed by atoms with Crippen LogP contribution < -0.4 is 4.74 Å². The van der Waals surface area contributed by atoms with E-state index in [1.165, 1.54) is 23.0 Å². The number of carbonyl (C=O) groups is 1. The maximum absolute atomic E-state index is 12.4. The quantitative estimate of drug-likeness (QED) is 0.523. The summed E-state index contributed by atoms with van der Waals surface area (Å²) in [7, 11) is 1.63. The second kappa shape index (κ2) is 8.01. The maximum atomic E-state index is 12.4. The number of hydrogen-bond donors (Lipinski definition) is 0. The van der Waals surface area contributed by atoms with E-state index in [1.54, 1.807) is 7.11 Å². The molecule has 3 heterocycles. The lowest BCUT2D eigenvalue weighted by Gasteiger charge is -2.33. The fraction of sp³-hybridized carbons (Fsp3) is 0.217. The monoisotopic (exact) mass is 424 g/mol. The highest BCUT2D eigenvalue weighted by Gasteiger charge is 2.32. The van der Waals surface area contributed by atoms with Crippen molar-refractivity contribution in [2.24, 2.45) is 0 Å². The molecule has 0 N–H and O–H groups in total. The van der Waals surface area contributed by atoms with E-state index in [2.05, 4.69) is 23.7 Å². The Bertz CT molecular complexity index is 1090. The van der Waals surface area contributed by atoms with Gasteiger partial charge in [-0.05, 0) is 47.9 Å². The second-order valence-corrected chi connectivity index (χ2v) is 8.77. The maximum Gasteiger partial charge on any atom is 0.246 e. The van der Waals surface area contributed by atoms with Gasteiger partial charge in [0.05, 0.1) is 18.0 Å². The number of methoxy groups -OCH3 is 1. The van der Waals surface area contributed by atoms with Gasteiger partial charge in [-0.1, -0.05) is 42.4 Å². The molecule has 4 rings (SSSR count). The molecule has 29 heavy (non-hydrogen) atoms. The molecule has 1 aromatic carbocycles. The molecule has 1 atom stereocenters. The van der Waals surface area contributed by atoms with Crippen molar-refractivity contribution in [1.29, 1.82) is 0 Å². The van der Waals surface area contributed by atoms with E-state index in [0.717, 1.165) is 31.6 Å². The highest BCUT2D eigenvalue weighted by atomic mass is 35.5. The lowest BCUT2D eigenvalue weighted by molar-refractivity contribution is -0.127. The third-order valence-electron chi connectivity index (χ3n) is 5.23. The Morgan fingerprint density at radius 1 is 1.28 bits per heavy atom. The van der Waals surface area contributed by atoms with E-state index in [1.807, 2.05) is 42.2 Å². The highest BCUT2D eigenvalue weighted by molar-refractivity contribution is 7.16. The van der Waals surface area contributed by atoms with E-state index in [9.17, 15) is 4.79 Å². The van der Waals surface area contributed by atoms with Gasteiger partial charge in [-0.25, -0.2) is 4.98 Å². The number of aromatic nitrogens is 1. The first-order valence-corrected chi connectivity index (χ1v) is 10.5. The number of thiophene rings is 1. The number of hydrogen-bond acceptors (Lipinski definition) is 4. The van der Waals surface area contributed by atoms with Crippen LogP contribution in [-0.4, -0.2) is 29.4 Å². The average Bonchev–Trinajstić information content (AvgIpc) is 3.12. The summed E-state index contributed by atoms with van der Waals surface area (Å²) in [5.74, 6) is 0.529. The van der Waals surface area contributed by atoms with Crippen molar-refractivity contribution in [2.75, 3.05) is 13.7 Å². The molecule has 2 aromatic heterocycles. The minimum absolute atomic E-state index is 0.00797. The number of carbonyl (C=O) groups excluding carboxylic acids is 1. The fourth-order valence-electron chi connectivity index (χ4n) is 3.89. The number of halogens is 1. The highest BCUT2D eigenvalue weighted by Crippen LogP contribution is 2.43. The molecule has 0 fully saturated rings. The first-order chi connectivity index (χ1) is 14.0. The minimum Gasteiger partial charge on any atom is -0.481 e. The number of rotatable bonds is 4. The lowest BCUT2D eigenvalue weighted by atomic mass is 9.84. The average molecular weight is 425 g/mol. The van der Waals surface area contributed by atoms with E-state index in [0.29, 0.717) is 19.0 Å². The SMILES string of the molecule is C=CC(=O)N1Cc2sc(Cl)cc2[C@H](c2ccccc2-c2ccc(C)nc2OC)C1. The minimum atomic E-state index is -0.0720. The van der Waals surface area contributed by atoms with E-state index < -0.39 is 0 Å². The van der Waals surface area contributed by atoms with Gasteiger partial charge in [0.25, 0.3) is 0 Å². The zero-order chi connectivity index (χ0) is 20.5. The number of ether oxygens (including phenoxy) is 1. The van der Waals surface area contributed by atoms with E-state index in [4.69, 9.17) is 16.3 Å². The van der Waals surface area contributed by atoms with Crippen molar-refractivity contribution in [1.82, 2.24) is 9.88 Å². The van der Waals surface area contributed by atoms with Crippen LogP contribution in [0.3, 0.4) is 0 Å². The summed E-state index contributed by atoms with van der Waals surface area (Å²) < 4.78 is 6.30. The Labute approximate surface area is 179 Å². The topological polar surface area (TPSA) is 42.4 Å². The Kier molecular flexibility index (Phi) is 5.43. The molecule has 0 radical (unpaired) electrons. The third-order valence-corrected chi connectivity index (χ3v) is 6.49. The van der Waals surface area contributed by atoms with Crippen LogP contribution in [0.15, 0.2) is 55.1 Å². The normalized spacial score (nSPS) is 15.7. The molecule has 0 saturated heterocycles. The summed E-state index contributed by atoms with van der Waals surface area (Å²) in [4.78, 5) is 19.9. The molecule has 148 valence electrons. The molecule has 1 aliphatic rings. The zero-order valence-corrected chi connectivity index (χ0v) is 17.9. The van der Waals surface area contributed by atoms with E-state index >= 15 is 0 Å². The molecule has 3 aromatic rings. The summed E-state index contributed by atoms with van der Waals surface area (Å²) in [5.41, 5.74) is 5.18. The summed E-state index contributed by atoms with van der Waals surface area (Å²) in [6, 6.07) is 14.3. The van der Waals surface area contributed by atoms with Gasteiger partial charge in [0.2, 0.25) is 11.8 Å². The van der Waals surface area contributed by atoms with Crippen LogP contribution in [-0.2, 0) is 11.3 Å². The van der Waals surface area contributed by atoms with Gasteiger partial charge < -0.3 is 9.64 Å². The number of nitrogens with zero attached hydrogens (tertiary/aromatic N) is 2. The van der Waals surface area contributed by atoms with Gasteiger partial charge in [-0.15, -0.1) is 11.3 Å². The molecule has 1 amide bonds. The lowest BCUT2D eigenvalue weighted by Crippen LogP contribution is -2.37. The number of amides is 1. The molecule has 0 spiro atoms. The summed E-state index contributed by atoms with van der Waals surface area (Å²) in [6.07, 6.45) is 1.37. The van der Waals surface area contributed by atoms with Gasteiger partial charge >= 0.3 is 0 Å². The number of fused-ring (bicyclic) bond motifs is 1. The first-order valence-electron chi connectivity index (χ1n) is 9.32. The Morgan fingerprint density at radius 2 is 2.07 bits per heavy atom. The van der Waals surface area contributed by atoms with Crippen molar-refractivity contribution >= 4 is 28.8 Å². The van der Waals surface area contributed by atoms with Gasteiger partial charge in [-0.2, -0.15) is 0 Å². The molecule has 6 heteroatoms. The van der Waals surface area contributed by atoms with Crippen molar-refractivity contribution in [3.63, 3.8) is 0 Å². The molecule has 0 saturated carbocycles. The van der Waals surface area contributed by atoms with Crippen molar-refractivity contribution < 1.29 is 9.53 Å². The number of benzene rings is 1. The van der Waals surface area contributed by atoms with Crippen LogP contribution in [0, 0.1) is 6.92 Å². The van der Waals surface area contributed by atoms with Gasteiger partial charge in [-0.3, -0.25) is 4.79 Å². The van der Waals surface area contributed by atoms with E-state index in [-0.39, 0.29) is 11.8 Å². The van der Waals surface area contributed by atoms with Crippen LogP contribution in [0.5, 0.6) is 5.88 Å².